The van der Waals surface area contributed by atoms with Crippen molar-refractivity contribution in [2.45, 2.75) is 69.2 Å². The molecule has 2 saturated heterocycles. The Morgan fingerprint density at radius 3 is 2.33 bits per heavy atom. The number of piperazine rings is 1. The van der Waals surface area contributed by atoms with E-state index in [0.29, 0.717) is 57.1 Å². The van der Waals surface area contributed by atoms with Crippen molar-refractivity contribution in [2.24, 2.45) is 5.92 Å². The molecule has 2 aromatic carbocycles. The molecular weight excluding hydrogens is 627 g/mol. The van der Waals surface area contributed by atoms with Crippen molar-refractivity contribution in [1.82, 2.24) is 9.80 Å². The third-order valence-electron chi connectivity index (χ3n) is 9.48. The Bertz CT molecular complexity index is 1520. The fourth-order valence-electron chi connectivity index (χ4n) is 6.98. The normalized spacial score (nSPS) is 26.0. The smallest absolute Gasteiger partial charge is 0.419 e. The molecule has 0 bridgehead atoms. The summed E-state index contributed by atoms with van der Waals surface area (Å²) in [6, 6.07) is 4.53. The zero-order valence-corrected chi connectivity index (χ0v) is 24.8. The number of ether oxygens (including phenoxy) is 2. The Morgan fingerprint density at radius 2 is 1.74 bits per heavy atom. The monoisotopic (exact) mass is 659 g/mol. The largest absolute Gasteiger partial charge is 0.478 e. The standard InChI is InChI=1S/C31H32F7N3O5/c1-17-13-39(8-9-41(17)21-4-5-25(32)23(12-21)27(42)43)22-6-7-29(46-15-22,19-2-3-19)28(44)40-14-18-10-20(30(33,34)35)11-24(31(36,37)38)26(18)45-16-40/h4-5,10-12,17,19,22H,2-3,6-9,13-16H2,1H3,(H,42,43). The molecule has 3 fully saturated rings. The number of anilines is 1. The quantitative estimate of drug-likeness (QED) is 0.408. The number of halogens is 7. The van der Waals surface area contributed by atoms with Crippen LogP contribution in [0, 0.1) is 11.7 Å². The minimum atomic E-state index is -5.09. The van der Waals surface area contributed by atoms with Crippen molar-refractivity contribution >= 4 is 17.6 Å². The van der Waals surface area contributed by atoms with Crippen molar-refractivity contribution in [3.8, 4) is 5.75 Å². The lowest BCUT2D eigenvalue weighted by molar-refractivity contribution is -0.180. The van der Waals surface area contributed by atoms with Crippen LogP contribution >= 0.6 is 0 Å². The minimum absolute atomic E-state index is 0.0278. The van der Waals surface area contributed by atoms with Gasteiger partial charge in [0.1, 0.15) is 17.2 Å². The molecule has 1 saturated carbocycles. The number of carbonyl (C=O) groups is 2. The van der Waals surface area contributed by atoms with E-state index < -0.39 is 71.4 Å². The molecule has 3 atom stereocenters. The van der Waals surface area contributed by atoms with Gasteiger partial charge in [0.2, 0.25) is 0 Å². The highest BCUT2D eigenvalue weighted by Gasteiger charge is 2.56. The van der Waals surface area contributed by atoms with Crippen LogP contribution in [-0.4, -0.2) is 77.4 Å². The van der Waals surface area contributed by atoms with E-state index in [2.05, 4.69) is 4.90 Å². The van der Waals surface area contributed by atoms with Crippen LogP contribution in [0.25, 0.3) is 0 Å². The number of amides is 1. The number of aromatic carboxylic acids is 1. The summed E-state index contributed by atoms with van der Waals surface area (Å²) >= 11 is 0. The lowest BCUT2D eigenvalue weighted by Gasteiger charge is -2.48. The number of alkyl halides is 6. The number of carbonyl (C=O) groups excluding carboxylic acids is 1. The zero-order chi connectivity index (χ0) is 33.2. The van der Waals surface area contributed by atoms with E-state index in [4.69, 9.17) is 9.47 Å². The second kappa shape index (κ2) is 11.6. The Labute approximate surface area is 259 Å². The highest BCUT2D eigenvalue weighted by molar-refractivity contribution is 5.89. The van der Waals surface area contributed by atoms with Gasteiger partial charge in [-0.1, -0.05) is 0 Å². The summed E-state index contributed by atoms with van der Waals surface area (Å²) in [6.07, 6.45) is -7.78. The first-order chi connectivity index (χ1) is 21.6. The fourth-order valence-corrected chi connectivity index (χ4v) is 6.98. The van der Waals surface area contributed by atoms with E-state index in [0.717, 1.165) is 11.0 Å². The summed E-state index contributed by atoms with van der Waals surface area (Å²) in [4.78, 5) is 30.7. The molecule has 4 aliphatic rings. The van der Waals surface area contributed by atoms with E-state index in [1.165, 1.54) is 6.07 Å². The summed E-state index contributed by atoms with van der Waals surface area (Å²) in [7, 11) is 0. The highest BCUT2D eigenvalue weighted by Crippen LogP contribution is 2.49. The SMILES string of the molecule is CC1CN(C2CCC(C(=O)N3COc4c(cc(C(F)(F)F)cc4C(F)(F)F)C3)(C3CC3)OC2)CCN1c1ccc(F)c(C(=O)O)c1. The number of rotatable bonds is 5. The van der Waals surface area contributed by atoms with E-state index in [9.17, 15) is 45.4 Å². The lowest BCUT2D eigenvalue weighted by atomic mass is 9.85. The molecule has 0 aromatic heterocycles. The molecule has 250 valence electrons. The van der Waals surface area contributed by atoms with Gasteiger partial charge >= 0.3 is 18.3 Å². The van der Waals surface area contributed by atoms with Gasteiger partial charge in [-0.25, -0.2) is 9.18 Å². The maximum absolute atomic E-state index is 14.0. The second-order valence-corrected chi connectivity index (χ2v) is 12.5. The van der Waals surface area contributed by atoms with Gasteiger partial charge in [0, 0.05) is 43.0 Å². The average Bonchev–Trinajstić information content (AvgIpc) is 3.85. The molecule has 0 radical (unpaired) electrons. The number of fused-ring (bicyclic) bond motifs is 1. The number of carboxylic acid groups (broad SMARTS) is 1. The predicted molar refractivity (Wildman–Crippen MR) is 149 cm³/mol. The van der Waals surface area contributed by atoms with Gasteiger partial charge in [0.25, 0.3) is 5.91 Å². The molecule has 2 aromatic rings. The van der Waals surface area contributed by atoms with Crippen LogP contribution in [0.15, 0.2) is 30.3 Å². The summed E-state index contributed by atoms with van der Waals surface area (Å²) in [5.74, 6) is -3.49. The van der Waals surface area contributed by atoms with E-state index in [1.54, 1.807) is 6.07 Å². The van der Waals surface area contributed by atoms with Crippen molar-refractivity contribution in [3.05, 3.63) is 58.4 Å². The second-order valence-electron chi connectivity index (χ2n) is 12.5. The Hall–Kier alpha value is -3.59. The third-order valence-corrected chi connectivity index (χ3v) is 9.48. The summed E-state index contributed by atoms with van der Waals surface area (Å²) < 4.78 is 107. The molecule has 46 heavy (non-hydrogen) atoms. The molecular formula is C31H32F7N3O5. The minimum Gasteiger partial charge on any atom is -0.478 e. The van der Waals surface area contributed by atoms with Gasteiger partial charge in [-0.2, -0.15) is 26.3 Å². The van der Waals surface area contributed by atoms with Gasteiger partial charge in [-0.3, -0.25) is 9.69 Å². The maximum Gasteiger partial charge on any atom is 0.419 e. The first-order valence-corrected chi connectivity index (χ1v) is 15.0. The van der Waals surface area contributed by atoms with Crippen molar-refractivity contribution < 1.29 is 54.9 Å². The first kappa shape index (κ1) is 32.4. The number of hydrogen-bond donors (Lipinski definition) is 1. The molecule has 1 amide bonds. The molecule has 15 heteroatoms. The molecule has 3 aliphatic heterocycles. The molecule has 3 heterocycles. The number of carboxylic acids is 1. The van der Waals surface area contributed by atoms with Crippen LogP contribution in [0.3, 0.4) is 0 Å². The van der Waals surface area contributed by atoms with Crippen LogP contribution in [0.5, 0.6) is 5.75 Å². The Kier molecular flexibility index (Phi) is 8.15. The van der Waals surface area contributed by atoms with Crippen LogP contribution in [0.1, 0.15) is 59.7 Å². The summed E-state index contributed by atoms with van der Waals surface area (Å²) in [6.45, 7) is 2.89. The topological polar surface area (TPSA) is 82.6 Å². The number of nitrogens with zero attached hydrogens (tertiary/aromatic N) is 3. The van der Waals surface area contributed by atoms with Crippen LogP contribution in [0.2, 0.25) is 0 Å². The lowest BCUT2D eigenvalue weighted by Crippen LogP contribution is -2.61. The van der Waals surface area contributed by atoms with Gasteiger partial charge in [-0.05, 0) is 68.9 Å². The molecule has 3 unspecified atom stereocenters. The predicted octanol–water partition coefficient (Wildman–Crippen LogP) is 5.78. The van der Waals surface area contributed by atoms with E-state index in [-0.39, 0.29) is 36.2 Å². The average molecular weight is 660 g/mol. The maximum atomic E-state index is 14.0. The van der Waals surface area contributed by atoms with Gasteiger partial charge in [0.15, 0.2) is 6.73 Å². The first-order valence-electron chi connectivity index (χ1n) is 15.0. The Balaban J connectivity index is 1.14. The van der Waals surface area contributed by atoms with Crippen LogP contribution in [0.4, 0.5) is 36.4 Å². The third kappa shape index (κ3) is 5.98. The van der Waals surface area contributed by atoms with E-state index >= 15 is 0 Å². The number of hydrogen-bond acceptors (Lipinski definition) is 6. The molecule has 1 N–H and O–H groups in total. The molecule has 1 aliphatic carbocycles. The highest BCUT2D eigenvalue weighted by atomic mass is 19.4. The van der Waals surface area contributed by atoms with Crippen molar-refractivity contribution in [1.29, 1.82) is 0 Å². The fraction of sp³-hybridized carbons (Fsp3) is 0.548. The van der Waals surface area contributed by atoms with Crippen molar-refractivity contribution in [2.75, 3.05) is 37.9 Å². The van der Waals surface area contributed by atoms with Gasteiger partial charge < -0.3 is 24.4 Å². The molecule has 8 nitrogen and oxygen atoms in total. The van der Waals surface area contributed by atoms with E-state index in [1.807, 2.05) is 11.8 Å². The van der Waals surface area contributed by atoms with Crippen molar-refractivity contribution in [3.63, 3.8) is 0 Å². The van der Waals surface area contributed by atoms with Crippen LogP contribution in [-0.2, 0) is 28.4 Å². The zero-order valence-electron chi connectivity index (χ0n) is 24.8. The Morgan fingerprint density at radius 1 is 1.00 bits per heavy atom. The molecule has 6 rings (SSSR count). The van der Waals surface area contributed by atoms with Crippen LogP contribution < -0.4 is 9.64 Å². The summed E-state index contributed by atoms with van der Waals surface area (Å²) in [5.41, 5.74) is -4.43. The van der Waals surface area contributed by atoms with Gasteiger partial charge in [0.05, 0.1) is 29.8 Å². The molecule has 0 spiro atoms. The van der Waals surface area contributed by atoms with Gasteiger partial charge in [-0.15, -0.1) is 0 Å². The summed E-state index contributed by atoms with van der Waals surface area (Å²) in [5, 5.41) is 9.30. The number of benzene rings is 2.